The average Bonchev–Trinajstić information content (AvgIpc) is 3.06. The first-order valence-electron chi connectivity index (χ1n) is 8.25. The maximum absolute atomic E-state index is 12.2. The number of benzene rings is 1. The van der Waals surface area contributed by atoms with Crippen LogP contribution >= 0.6 is 0 Å². The molecular formula is C18H27NO4. The van der Waals surface area contributed by atoms with Crippen LogP contribution in [0.4, 0.5) is 0 Å². The van der Waals surface area contributed by atoms with Gasteiger partial charge in [0.1, 0.15) is 11.9 Å². The second-order valence-electron chi connectivity index (χ2n) is 6.04. The fourth-order valence-electron chi connectivity index (χ4n) is 2.72. The normalized spacial score (nSPS) is 20.0. The van der Waals surface area contributed by atoms with Crippen LogP contribution in [0.15, 0.2) is 24.3 Å². The van der Waals surface area contributed by atoms with Crippen LogP contribution in [0.2, 0.25) is 0 Å². The molecule has 3 atom stereocenters. The number of methoxy groups -OCH3 is 1. The van der Waals surface area contributed by atoms with E-state index in [1.54, 1.807) is 14.0 Å². The van der Waals surface area contributed by atoms with Gasteiger partial charge in [-0.05, 0) is 44.7 Å². The quantitative estimate of drug-likeness (QED) is 0.798. The number of para-hydroxylation sites is 1. The van der Waals surface area contributed by atoms with Gasteiger partial charge in [-0.1, -0.05) is 18.2 Å². The molecule has 0 aliphatic carbocycles. The molecule has 1 amide bonds. The van der Waals surface area contributed by atoms with Crippen molar-refractivity contribution in [2.75, 3.05) is 20.3 Å². The largest absolute Gasteiger partial charge is 0.496 e. The lowest BCUT2D eigenvalue weighted by Crippen LogP contribution is -2.41. The van der Waals surface area contributed by atoms with E-state index in [2.05, 4.69) is 5.32 Å². The number of carbonyl (C=O) groups excluding carboxylic acids is 1. The van der Waals surface area contributed by atoms with E-state index in [0.717, 1.165) is 30.8 Å². The fourth-order valence-corrected chi connectivity index (χ4v) is 2.72. The zero-order valence-corrected chi connectivity index (χ0v) is 14.2. The van der Waals surface area contributed by atoms with Gasteiger partial charge in [-0.15, -0.1) is 0 Å². The Balaban J connectivity index is 1.76. The molecule has 0 bridgehead atoms. The summed E-state index contributed by atoms with van der Waals surface area (Å²) < 4.78 is 16.5. The summed E-state index contributed by atoms with van der Waals surface area (Å²) in [5.41, 5.74) is 1.08. The zero-order valence-electron chi connectivity index (χ0n) is 14.2. The number of carbonyl (C=O) groups is 1. The minimum Gasteiger partial charge on any atom is -0.496 e. The topological polar surface area (TPSA) is 56.8 Å². The molecule has 0 radical (unpaired) electrons. The number of rotatable bonds is 8. The van der Waals surface area contributed by atoms with Gasteiger partial charge in [0.15, 0.2) is 0 Å². The summed E-state index contributed by atoms with van der Waals surface area (Å²) in [4.78, 5) is 12.2. The number of amides is 1. The molecule has 2 rings (SSSR count). The smallest absolute Gasteiger partial charge is 0.249 e. The van der Waals surface area contributed by atoms with E-state index in [0.29, 0.717) is 13.0 Å². The van der Waals surface area contributed by atoms with Gasteiger partial charge in [0.2, 0.25) is 5.91 Å². The van der Waals surface area contributed by atoms with Gasteiger partial charge in [-0.3, -0.25) is 4.79 Å². The molecule has 1 saturated heterocycles. The van der Waals surface area contributed by atoms with Crippen molar-refractivity contribution in [1.82, 2.24) is 5.32 Å². The summed E-state index contributed by atoms with van der Waals surface area (Å²) >= 11 is 0. The third kappa shape index (κ3) is 5.52. The molecular weight excluding hydrogens is 294 g/mol. The Hall–Kier alpha value is -1.59. The van der Waals surface area contributed by atoms with Gasteiger partial charge in [0.25, 0.3) is 0 Å². The number of hydrogen-bond acceptors (Lipinski definition) is 4. The van der Waals surface area contributed by atoms with Crippen LogP contribution in [0.25, 0.3) is 0 Å². The Morgan fingerprint density at radius 2 is 2.17 bits per heavy atom. The van der Waals surface area contributed by atoms with Crippen LogP contribution in [-0.4, -0.2) is 44.5 Å². The summed E-state index contributed by atoms with van der Waals surface area (Å²) in [5, 5.41) is 2.99. The third-order valence-corrected chi connectivity index (χ3v) is 4.03. The molecule has 1 aromatic carbocycles. The molecule has 0 saturated carbocycles. The lowest BCUT2D eigenvalue weighted by molar-refractivity contribution is -0.134. The molecule has 23 heavy (non-hydrogen) atoms. The van der Waals surface area contributed by atoms with Gasteiger partial charge >= 0.3 is 0 Å². The van der Waals surface area contributed by atoms with Crippen LogP contribution in [0.3, 0.4) is 0 Å². The zero-order chi connectivity index (χ0) is 16.7. The first kappa shape index (κ1) is 17.8. The molecule has 1 aromatic rings. The van der Waals surface area contributed by atoms with Crippen LogP contribution in [0.1, 0.15) is 32.3 Å². The maximum Gasteiger partial charge on any atom is 0.249 e. The molecule has 0 aromatic heterocycles. The highest BCUT2D eigenvalue weighted by Crippen LogP contribution is 2.19. The van der Waals surface area contributed by atoms with Gasteiger partial charge < -0.3 is 19.5 Å². The van der Waals surface area contributed by atoms with E-state index < -0.39 is 6.10 Å². The minimum atomic E-state index is -0.473. The SMILES string of the molecule is COc1ccccc1CC(C)NC(=O)C(C)OCC1CCCO1. The van der Waals surface area contributed by atoms with Crippen LogP contribution in [-0.2, 0) is 20.7 Å². The van der Waals surface area contributed by atoms with Gasteiger partial charge in [0.05, 0.1) is 19.8 Å². The second-order valence-corrected chi connectivity index (χ2v) is 6.04. The molecule has 128 valence electrons. The van der Waals surface area contributed by atoms with Crippen molar-refractivity contribution in [1.29, 1.82) is 0 Å². The van der Waals surface area contributed by atoms with Crippen molar-refractivity contribution < 1.29 is 19.0 Å². The summed E-state index contributed by atoms with van der Waals surface area (Å²) in [6, 6.07) is 7.86. The minimum absolute atomic E-state index is 0.00702. The molecule has 0 spiro atoms. The Kier molecular flexibility index (Phi) is 6.86. The molecule has 1 aliphatic rings. The Bertz CT molecular complexity index is 500. The summed E-state index contributed by atoms with van der Waals surface area (Å²) in [6.07, 6.45) is 2.47. The third-order valence-electron chi connectivity index (χ3n) is 4.03. The molecule has 3 unspecified atom stereocenters. The predicted octanol–water partition coefficient (Wildman–Crippen LogP) is 2.33. The van der Waals surface area contributed by atoms with Crippen LogP contribution in [0, 0.1) is 0 Å². The molecule has 1 N–H and O–H groups in total. The molecule has 1 aliphatic heterocycles. The van der Waals surface area contributed by atoms with Gasteiger partial charge in [-0.25, -0.2) is 0 Å². The fraction of sp³-hybridized carbons (Fsp3) is 0.611. The highest BCUT2D eigenvalue weighted by molar-refractivity contribution is 5.80. The Morgan fingerprint density at radius 1 is 1.39 bits per heavy atom. The Labute approximate surface area is 138 Å². The van der Waals surface area contributed by atoms with E-state index in [4.69, 9.17) is 14.2 Å². The molecule has 5 heteroatoms. The number of hydrogen-bond donors (Lipinski definition) is 1. The number of ether oxygens (including phenoxy) is 3. The average molecular weight is 321 g/mol. The lowest BCUT2D eigenvalue weighted by atomic mass is 10.1. The van der Waals surface area contributed by atoms with Crippen molar-refractivity contribution in [3.05, 3.63) is 29.8 Å². The number of nitrogens with one attached hydrogen (secondary N) is 1. The van der Waals surface area contributed by atoms with Crippen molar-refractivity contribution in [3.8, 4) is 5.75 Å². The monoisotopic (exact) mass is 321 g/mol. The highest BCUT2D eigenvalue weighted by Gasteiger charge is 2.21. The maximum atomic E-state index is 12.2. The summed E-state index contributed by atoms with van der Waals surface area (Å²) in [6.45, 7) is 5.04. The van der Waals surface area contributed by atoms with E-state index in [-0.39, 0.29) is 18.1 Å². The van der Waals surface area contributed by atoms with Crippen molar-refractivity contribution in [3.63, 3.8) is 0 Å². The van der Waals surface area contributed by atoms with Crippen molar-refractivity contribution in [2.45, 2.75) is 51.4 Å². The van der Waals surface area contributed by atoms with Crippen molar-refractivity contribution >= 4 is 5.91 Å². The first-order chi connectivity index (χ1) is 11.1. The second kappa shape index (κ2) is 8.89. The van der Waals surface area contributed by atoms with Gasteiger partial charge in [-0.2, -0.15) is 0 Å². The molecule has 1 heterocycles. The molecule has 1 fully saturated rings. The first-order valence-corrected chi connectivity index (χ1v) is 8.25. The van der Waals surface area contributed by atoms with E-state index in [9.17, 15) is 4.79 Å². The summed E-state index contributed by atoms with van der Waals surface area (Å²) in [5.74, 6) is 0.752. The van der Waals surface area contributed by atoms with Crippen LogP contribution in [0.5, 0.6) is 5.75 Å². The van der Waals surface area contributed by atoms with E-state index in [1.807, 2.05) is 31.2 Å². The lowest BCUT2D eigenvalue weighted by Gasteiger charge is -2.20. The van der Waals surface area contributed by atoms with Crippen LogP contribution < -0.4 is 10.1 Å². The van der Waals surface area contributed by atoms with E-state index >= 15 is 0 Å². The van der Waals surface area contributed by atoms with Gasteiger partial charge in [0, 0.05) is 12.6 Å². The molecule has 5 nitrogen and oxygen atoms in total. The predicted molar refractivity (Wildman–Crippen MR) is 88.7 cm³/mol. The standard InChI is InChI=1S/C18H27NO4/c1-13(11-15-7-4-5-9-17(15)21-3)19-18(20)14(2)23-12-16-8-6-10-22-16/h4-5,7,9,13-14,16H,6,8,10-12H2,1-3H3,(H,19,20). The van der Waals surface area contributed by atoms with E-state index in [1.165, 1.54) is 0 Å². The van der Waals surface area contributed by atoms with Crippen molar-refractivity contribution in [2.24, 2.45) is 0 Å². The Morgan fingerprint density at radius 3 is 2.87 bits per heavy atom. The highest BCUT2D eigenvalue weighted by atomic mass is 16.5. The summed E-state index contributed by atoms with van der Waals surface area (Å²) in [7, 11) is 1.66.